The molecule has 1 saturated heterocycles. The minimum absolute atomic E-state index is 0.0547. The molecule has 2 amide bonds. The lowest BCUT2D eigenvalue weighted by atomic mass is 9.80. The number of aromatic nitrogens is 3. The van der Waals surface area contributed by atoms with Crippen LogP contribution in [0.1, 0.15) is 25.0 Å². The zero-order valence-electron chi connectivity index (χ0n) is 21.6. The standard InChI is InChI=1S/C24H22N8O7S3/c25-22-28-12(9-41-22)14(30-39-24(21(37)38)3-1-4-24)17(33)29-15-18(34)32-16(20(35)36)10(8-40-19(15)32)6-31-5-2-13-11(7-31)27-23(26)42-13/h2,5,7,9,15,19H,1,3-4,6,8H2,(H6-,25,26,27,28,29,33,35,36,37,38)/p+1/b30-14+/t15?,19-/m1/s1. The molecule has 42 heavy (non-hydrogen) atoms. The van der Waals surface area contributed by atoms with Gasteiger partial charge in [-0.1, -0.05) is 16.5 Å². The molecule has 1 unspecified atom stereocenters. The number of aliphatic carboxylic acids is 2. The fourth-order valence-corrected chi connectivity index (χ4v) is 7.43. The number of hydrogen-bond acceptors (Lipinski definition) is 13. The molecule has 2 aliphatic heterocycles. The Morgan fingerprint density at radius 1 is 1.24 bits per heavy atom. The molecule has 3 aromatic heterocycles. The summed E-state index contributed by atoms with van der Waals surface area (Å²) in [5.74, 6) is -3.61. The summed E-state index contributed by atoms with van der Waals surface area (Å²) in [7, 11) is 0. The molecule has 1 aliphatic carbocycles. The maximum atomic E-state index is 13.3. The number of carboxylic acid groups (broad SMARTS) is 2. The van der Waals surface area contributed by atoms with Crippen LogP contribution < -0.4 is 21.4 Å². The normalized spacial score (nSPS) is 21.4. The third-order valence-corrected chi connectivity index (χ3v) is 10.0. The minimum atomic E-state index is -1.54. The number of oxime groups is 1. The van der Waals surface area contributed by atoms with Crippen LogP contribution in [0.5, 0.6) is 0 Å². The average molecular weight is 632 g/mol. The number of nitrogens with two attached hydrogens (primary N) is 2. The Morgan fingerprint density at radius 2 is 2.02 bits per heavy atom. The average Bonchev–Trinajstić information content (AvgIpc) is 3.51. The topological polar surface area (TPSA) is 227 Å². The van der Waals surface area contributed by atoms with Crippen molar-refractivity contribution >= 4 is 84.4 Å². The number of carbonyl (C=O) groups is 4. The molecular weight excluding hydrogens is 609 g/mol. The van der Waals surface area contributed by atoms with Crippen molar-refractivity contribution in [1.82, 2.24) is 20.2 Å². The van der Waals surface area contributed by atoms with E-state index in [2.05, 4.69) is 20.4 Å². The fraction of sp³-hybridized carbons (Fsp3) is 0.333. The molecule has 15 nitrogen and oxygen atoms in total. The number of rotatable bonds is 9. The first kappa shape index (κ1) is 27.9. The van der Waals surface area contributed by atoms with Crippen LogP contribution >= 0.6 is 34.4 Å². The number of carboxylic acids is 2. The fourth-order valence-electron chi connectivity index (χ4n) is 4.85. The highest BCUT2D eigenvalue weighted by Gasteiger charge is 2.55. The molecule has 0 spiro atoms. The van der Waals surface area contributed by atoms with Gasteiger partial charge >= 0.3 is 11.9 Å². The minimum Gasteiger partial charge on any atom is -0.478 e. The number of nitrogens with zero attached hydrogens (tertiary/aromatic N) is 5. The Hall–Kier alpha value is -4.29. The summed E-state index contributed by atoms with van der Waals surface area (Å²) in [6.07, 6.45) is 4.64. The molecule has 18 heteroatoms. The van der Waals surface area contributed by atoms with Gasteiger partial charge in [0, 0.05) is 35.6 Å². The van der Waals surface area contributed by atoms with Gasteiger partial charge in [0.05, 0.1) is 4.70 Å². The summed E-state index contributed by atoms with van der Waals surface area (Å²) in [5.41, 5.74) is 10.7. The number of fused-ring (bicyclic) bond motifs is 2. The van der Waals surface area contributed by atoms with E-state index in [9.17, 15) is 29.4 Å². The van der Waals surface area contributed by atoms with Gasteiger partial charge in [0.15, 0.2) is 34.9 Å². The van der Waals surface area contributed by atoms with Crippen molar-refractivity contribution in [2.45, 2.75) is 42.8 Å². The van der Waals surface area contributed by atoms with Gasteiger partial charge in [-0.25, -0.2) is 19.6 Å². The van der Waals surface area contributed by atoms with Gasteiger partial charge < -0.3 is 31.8 Å². The van der Waals surface area contributed by atoms with Crippen molar-refractivity contribution in [2.24, 2.45) is 5.16 Å². The Bertz CT molecular complexity index is 1710. The summed E-state index contributed by atoms with van der Waals surface area (Å²) >= 11 is 3.70. The number of nitrogen functional groups attached to an aromatic ring is 2. The van der Waals surface area contributed by atoms with Gasteiger partial charge in [-0.2, -0.15) is 4.57 Å². The summed E-state index contributed by atoms with van der Waals surface area (Å²) in [6.45, 7) is 0.209. The number of anilines is 2. The van der Waals surface area contributed by atoms with Gasteiger partial charge in [0.25, 0.3) is 11.8 Å². The highest BCUT2D eigenvalue weighted by atomic mass is 32.2. The molecule has 6 rings (SSSR count). The van der Waals surface area contributed by atoms with Crippen molar-refractivity contribution in [1.29, 1.82) is 0 Å². The van der Waals surface area contributed by atoms with Gasteiger partial charge in [0.1, 0.15) is 28.3 Å². The number of carbonyl (C=O) groups excluding carboxylic acids is 2. The van der Waals surface area contributed by atoms with E-state index in [1.54, 1.807) is 17.0 Å². The number of pyridine rings is 1. The van der Waals surface area contributed by atoms with Gasteiger partial charge in [0.2, 0.25) is 5.60 Å². The second kappa shape index (κ2) is 10.5. The number of amides is 2. The zero-order valence-corrected chi connectivity index (χ0v) is 24.0. The third-order valence-electron chi connectivity index (χ3n) is 7.16. The first-order valence-electron chi connectivity index (χ1n) is 12.5. The molecule has 0 aromatic carbocycles. The van der Waals surface area contributed by atoms with Crippen LogP contribution in [-0.2, 0) is 30.6 Å². The van der Waals surface area contributed by atoms with Crippen LogP contribution in [-0.4, -0.2) is 77.3 Å². The summed E-state index contributed by atoms with van der Waals surface area (Å²) in [6, 6.07) is 0.782. The first-order valence-corrected chi connectivity index (χ1v) is 15.3. The van der Waals surface area contributed by atoms with E-state index in [4.69, 9.17) is 16.3 Å². The van der Waals surface area contributed by atoms with Crippen molar-refractivity contribution in [3.63, 3.8) is 0 Å². The van der Waals surface area contributed by atoms with Gasteiger partial charge in [-0.05, 0) is 6.42 Å². The maximum absolute atomic E-state index is 13.3. The number of thiazole rings is 2. The molecule has 5 heterocycles. The molecule has 2 atom stereocenters. The molecule has 2 fully saturated rings. The second-order valence-electron chi connectivity index (χ2n) is 9.79. The molecule has 0 radical (unpaired) electrons. The van der Waals surface area contributed by atoms with Crippen molar-refractivity contribution in [3.05, 3.63) is 40.8 Å². The van der Waals surface area contributed by atoms with E-state index in [0.29, 0.717) is 28.4 Å². The van der Waals surface area contributed by atoms with E-state index >= 15 is 0 Å². The lowest BCUT2D eigenvalue weighted by Crippen LogP contribution is -2.71. The number of β-lactam (4-membered cyclic amide) rings is 1. The van der Waals surface area contributed by atoms with Gasteiger partial charge in [-0.3, -0.25) is 14.5 Å². The van der Waals surface area contributed by atoms with Crippen molar-refractivity contribution in [2.75, 3.05) is 17.2 Å². The zero-order chi connectivity index (χ0) is 29.8. The number of nitrogens with one attached hydrogen (secondary N) is 1. The molecule has 218 valence electrons. The van der Waals surface area contributed by atoms with Crippen LogP contribution in [0.25, 0.3) is 10.2 Å². The summed E-state index contributed by atoms with van der Waals surface area (Å²) in [5, 5.41) is 27.4. The van der Waals surface area contributed by atoms with E-state index in [0.717, 1.165) is 16.0 Å². The maximum Gasteiger partial charge on any atom is 0.352 e. The Balaban J connectivity index is 1.22. The van der Waals surface area contributed by atoms with E-state index in [-0.39, 0.29) is 41.6 Å². The number of thioether (sulfide) groups is 1. The molecular formula is C24H23N8O7S3+. The lowest BCUT2D eigenvalue weighted by molar-refractivity contribution is -0.687. The van der Waals surface area contributed by atoms with Crippen LogP contribution in [0, 0.1) is 0 Å². The third kappa shape index (κ3) is 4.80. The first-order chi connectivity index (χ1) is 20.1. The van der Waals surface area contributed by atoms with Crippen molar-refractivity contribution in [3.8, 4) is 0 Å². The molecule has 3 aromatic rings. The van der Waals surface area contributed by atoms with E-state index in [1.807, 2.05) is 6.07 Å². The smallest absolute Gasteiger partial charge is 0.352 e. The predicted molar refractivity (Wildman–Crippen MR) is 152 cm³/mol. The highest BCUT2D eigenvalue weighted by Crippen LogP contribution is 2.41. The quantitative estimate of drug-likeness (QED) is 0.0934. The van der Waals surface area contributed by atoms with Gasteiger partial charge in [-0.15, -0.1) is 23.1 Å². The second-order valence-corrected chi connectivity index (χ2v) is 12.8. The molecule has 7 N–H and O–H groups in total. The Kier molecular flexibility index (Phi) is 6.98. The molecule has 1 saturated carbocycles. The SMILES string of the molecule is Nc1nc(/C(=N\OC2(C(=O)O)CCC2)C(=O)NC2C(=O)N3C(C(=O)O)=C(C[n+]4ccc5sc(N)nc5c4)CS[C@H]23)cs1. The number of hydrogen-bond donors (Lipinski definition) is 5. The van der Waals surface area contributed by atoms with Crippen LogP contribution in [0.3, 0.4) is 0 Å². The van der Waals surface area contributed by atoms with E-state index < -0.39 is 40.8 Å². The van der Waals surface area contributed by atoms with E-state index in [1.165, 1.54) is 33.4 Å². The van der Waals surface area contributed by atoms with Crippen LogP contribution in [0.4, 0.5) is 10.3 Å². The molecule has 0 bridgehead atoms. The summed E-state index contributed by atoms with van der Waals surface area (Å²) in [4.78, 5) is 65.4. The van der Waals surface area contributed by atoms with Crippen LogP contribution in [0.15, 0.2) is 40.3 Å². The largest absolute Gasteiger partial charge is 0.478 e. The van der Waals surface area contributed by atoms with Crippen LogP contribution in [0.2, 0.25) is 0 Å². The predicted octanol–water partition coefficient (Wildman–Crippen LogP) is 0.371. The van der Waals surface area contributed by atoms with Crippen molar-refractivity contribution < 1.29 is 38.8 Å². The molecule has 3 aliphatic rings. The Labute approximate surface area is 248 Å². The monoisotopic (exact) mass is 631 g/mol. The summed E-state index contributed by atoms with van der Waals surface area (Å²) < 4.78 is 2.67. The Morgan fingerprint density at radius 3 is 2.67 bits per heavy atom. The lowest BCUT2D eigenvalue weighted by Gasteiger charge is -2.49. The highest BCUT2D eigenvalue weighted by molar-refractivity contribution is 8.00.